The topological polar surface area (TPSA) is 29.1 Å². The molecule has 0 saturated heterocycles. The van der Waals surface area contributed by atoms with E-state index < -0.39 is 0 Å². The van der Waals surface area contributed by atoms with Gasteiger partial charge in [-0.05, 0) is 38.1 Å². The summed E-state index contributed by atoms with van der Waals surface area (Å²) in [5.74, 6) is -0.264. The summed E-state index contributed by atoms with van der Waals surface area (Å²) >= 11 is 2.94. The highest BCUT2D eigenvalue weighted by Crippen LogP contribution is 2.45. The fraction of sp³-hybridized carbons (Fsp3) is 0.238. The van der Waals surface area contributed by atoms with Crippen molar-refractivity contribution in [2.75, 3.05) is 11.9 Å². The van der Waals surface area contributed by atoms with Crippen LogP contribution in [0, 0.1) is 5.82 Å². The van der Waals surface area contributed by atoms with Crippen molar-refractivity contribution in [1.29, 1.82) is 0 Å². The molecule has 3 aromatic rings. The minimum Gasteiger partial charge on any atom is -1.00 e. The molecule has 0 aliphatic carbocycles. The summed E-state index contributed by atoms with van der Waals surface area (Å²) in [5.41, 5.74) is 1.98. The zero-order chi connectivity index (χ0) is 19.8. The van der Waals surface area contributed by atoms with E-state index in [1.54, 1.807) is 10.6 Å². The molecular formula is C21H21ClFN3OS2. The Morgan fingerprint density at radius 2 is 2.00 bits per heavy atom. The van der Waals surface area contributed by atoms with Crippen molar-refractivity contribution in [3.05, 3.63) is 73.7 Å². The molecule has 0 radical (unpaired) electrons. The smallest absolute Gasteiger partial charge is 0.271 e. The molecule has 29 heavy (non-hydrogen) atoms. The first-order valence-corrected chi connectivity index (χ1v) is 10.8. The Balaban J connectivity index is 0.00000240. The predicted molar refractivity (Wildman–Crippen MR) is 113 cm³/mol. The van der Waals surface area contributed by atoms with Crippen molar-refractivity contribution in [2.45, 2.75) is 31.8 Å². The molecule has 0 unspecified atom stereocenters. The highest BCUT2D eigenvalue weighted by atomic mass is 35.5. The summed E-state index contributed by atoms with van der Waals surface area (Å²) in [6.07, 6.45) is 4.10. The number of nitrogens with zero attached hydrogens (tertiary/aromatic N) is 3. The number of fused-ring (bicyclic) bond motifs is 1. The van der Waals surface area contributed by atoms with Gasteiger partial charge in [0.05, 0.1) is 5.69 Å². The lowest BCUT2D eigenvalue weighted by Crippen LogP contribution is -3.00. The quantitative estimate of drug-likeness (QED) is 0.506. The molecule has 1 aliphatic rings. The molecule has 0 spiro atoms. The van der Waals surface area contributed by atoms with Gasteiger partial charge in [0, 0.05) is 36.7 Å². The zero-order valence-electron chi connectivity index (χ0n) is 16.4. The molecule has 0 bridgehead atoms. The van der Waals surface area contributed by atoms with E-state index in [1.165, 1.54) is 35.2 Å². The Kier molecular flexibility index (Phi) is 6.51. The summed E-state index contributed by atoms with van der Waals surface area (Å²) in [4.78, 5) is 15.9. The van der Waals surface area contributed by atoms with Crippen LogP contribution in [0.2, 0.25) is 0 Å². The Bertz CT molecular complexity index is 1240. The van der Waals surface area contributed by atoms with Crippen LogP contribution in [0.15, 0.2) is 52.3 Å². The normalized spacial score (nSPS) is 15.4. The second-order valence-corrected chi connectivity index (χ2v) is 8.51. The summed E-state index contributed by atoms with van der Waals surface area (Å²) in [5, 5.41) is 0.855. The maximum atomic E-state index is 13.6. The van der Waals surface area contributed by atoms with Gasteiger partial charge in [0.25, 0.3) is 5.56 Å². The van der Waals surface area contributed by atoms with E-state index in [0.29, 0.717) is 11.1 Å². The molecule has 0 saturated carbocycles. The standard InChI is InChI=1S/C21H21FN3OS2.ClH/c1-4-24-11-7-6-8-15(24)13-18-25(5-2)20(26)19(28-18)21-23(3)16-10-9-14(22)12-17(16)27-21;/h6-13H,4-5H2,1-3H3;1H/q+1;/p-1/b21-19+;. The first-order valence-electron chi connectivity index (χ1n) is 9.18. The predicted octanol–water partition coefficient (Wildman–Crippen LogP) is -0.483. The summed E-state index contributed by atoms with van der Waals surface area (Å²) < 4.78 is 19.2. The SMILES string of the molecule is CCn1c(=O)/c(=C2\Sc3cc(F)ccc3N2C)s/c1=C\c1cccc[n+]1CC.[Cl-]. The van der Waals surface area contributed by atoms with Gasteiger partial charge >= 0.3 is 0 Å². The van der Waals surface area contributed by atoms with Gasteiger partial charge < -0.3 is 17.3 Å². The van der Waals surface area contributed by atoms with E-state index in [1.807, 2.05) is 37.2 Å². The third-order valence-electron chi connectivity index (χ3n) is 4.80. The molecule has 4 nitrogen and oxygen atoms in total. The molecule has 4 rings (SSSR count). The number of hydrogen-bond donors (Lipinski definition) is 0. The number of hydrogen-bond acceptors (Lipinski definition) is 4. The van der Waals surface area contributed by atoms with Crippen LogP contribution in [-0.4, -0.2) is 11.6 Å². The molecule has 0 N–H and O–H groups in total. The van der Waals surface area contributed by atoms with Crippen molar-refractivity contribution in [3.63, 3.8) is 0 Å². The van der Waals surface area contributed by atoms with E-state index in [0.717, 1.165) is 32.5 Å². The lowest BCUT2D eigenvalue weighted by Gasteiger charge is -2.12. The molecule has 0 fully saturated rings. The van der Waals surface area contributed by atoms with Crippen molar-refractivity contribution < 1.29 is 21.4 Å². The number of rotatable bonds is 3. The maximum Gasteiger partial charge on any atom is 0.271 e. The molecule has 1 aromatic carbocycles. The van der Waals surface area contributed by atoms with E-state index in [9.17, 15) is 9.18 Å². The minimum absolute atomic E-state index is 0. The Hall–Kier alpha value is -2.09. The van der Waals surface area contributed by atoms with Crippen LogP contribution < -0.4 is 36.6 Å². The first kappa shape index (κ1) is 21.6. The maximum absolute atomic E-state index is 13.6. The largest absolute Gasteiger partial charge is 1.00 e. The molecule has 3 heterocycles. The summed E-state index contributed by atoms with van der Waals surface area (Å²) in [6.45, 7) is 5.54. The fourth-order valence-electron chi connectivity index (χ4n) is 3.33. The van der Waals surface area contributed by atoms with Crippen molar-refractivity contribution in [1.82, 2.24) is 4.57 Å². The van der Waals surface area contributed by atoms with Crippen LogP contribution in [-0.2, 0) is 13.1 Å². The number of thiazole rings is 1. The van der Waals surface area contributed by atoms with Gasteiger partial charge in [-0.25, -0.2) is 4.39 Å². The molecule has 1 aliphatic heterocycles. The highest BCUT2D eigenvalue weighted by molar-refractivity contribution is 8.08. The third kappa shape index (κ3) is 3.86. The Labute approximate surface area is 183 Å². The van der Waals surface area contributed by atoms with E-state index in [4.69, 9.17) is 0 Å². The Morgan fingerprint density at radius 3 is 2.72 bits per heavy atom. The number of thioether (sulfide) groups is 1. The summed E-state index contributed by atoms with van der Waals surface area (Å²) in [7, 11) is 1.92. The van der Waals surface area contributed by atoms with Gasteiger partial charge in [-0.3, -0.25) is 9.36 Å². The van der Waals surface area contributed by atoms with Crippen molar-refractivity contribution in [2.24, 2.45) is 0 Å². The van der Waals surface area contributed by atoms with E-state index in [2.05, 4.69) is 23.6 Å². The van der Waals surface area contributed by atoms with Crippen molar-refractivity contribution >= 4 is 39.9 Å². The van der Waals surface area contributed by atoms with Gasteiger partial charge in [-0.1, -0.05) is 11.8 Å². The van der Waals surface area contributed by atoms with Gasteiger partial charge in [0.1, 0.15) is 26.6 Å². The molecule has 2 aromatic heterocycles. The number of anilines is 1. The molecular weight excluding hydrogens is 429 g/mol. The van der Waals surface area contributed by atoms with Gasteiger partial charge in [-0.15, -0.1) is 11.3 Å². The molecule has 0 atom stereocenters. The second kappa shape index (κ2) is 8.73. The van der Waals surface area contributed by atoms with Crippen LogP contribution in [0.25, 0.3) is 11.1 Å². The van der Waals surface area contributed by atoms with Crippen LogP contribution in [0.3, 0.4) is 0 Å². The number of benzene rings is 1. The average molecular weight is 450 g/mol. The van der Waals surface area contributed by atoms with Crippen molar-refractivity contribution in [3.8, 4) is 0 Å². The number of pyridine rings is 1. The molecule has 0 amide bonds. The van der Waals surface area contributed by atoms with Gasteiger partial charge in [0.2, 0.25) is 5.69 Å². The van der Waals surface area contributed by atoms with Crippen LogP contribution >= 0.6 is 23.1 Å². The lowest BCUT2D eigenvalue weighted by atomic mass is 10.3. The average Bonchev–Trinajstić information content (AvgIpc) is 3.18. The third-order valence-corrected chi connectivity index (χ3v) is 7.27. The number of halogens is 2. The second-order valence-electron chi connectivity index (χ2n) is 6.45. The van der Waals surface area contributed by atoms with Crippen LogP contribution in [0.1, 0.15) is 19.5 Å². The van der Waals surface area contributed by atoms with E-state index in [-0.39, 0.29) is 23.8 Å². The first-order chi connectivity index (χ1) is 13.5. The number of aryl methyl sites for hydroxylation is 1. The van der Waals surface area contributed by atoms with Gasteiger partial charge in [0.15, 0.2) is 6.20 Å². The zero-order valence-corrected chi connectivity index (χ0v) is 18.7. The lowest BCUT2D eigenvalue weighted by molar-refractivity contribution is -0.695. The minimum atomic E-state index is -0.264. The van der Waals surface area contributed by atoms with Crippen LogP contribution in [0.5, 0.6) is 0 Å². The highest BCUT2D eigenvalue weighted by Gasteiger charge is 2.25. The number of aromatic nitrogens is 2. The molecule has 152 valence electrons. The molecule has 8 heteroatoms. The van der Waals surface area contributed by atoms with Crippen LogP contribution in [0.4, 0.5) is 10.1 Å². The summed E-state index contributed by atoms with van der Waals surface area (Å²) in [6, 6.07) is 10.8. The van der Waals surface area contributed by atoms with E-state index >= 15 is 0 Å². The Morgan fingerprint density at radius 1 is 1.21 bits per heavy atom. The fourth-order valence-corrected chi connectivity index (χ4v) is 5.82. The monoisotopic (exact) mass is 449 g/mol. The van der Waals surface area contributed by atoms with Gasteiger partial charge in [-0.2, -0.15) is 4.57 Å².